The molecule has 8 heteroatoms. The fraction of sp³-hybridized carbons (Fsp3) is 0.300. The summed E-state index contributed by atoms with van der Waals surface area (Å²) in [7, 11) is 0. The number of halogens is 3. The van der Waals surface area contributed by atoms with Crippen LogP contribution in [0.2, 0.25) is 0 Å². The van der Waals surface area contributed by atoms with Crippen LogP contribution in [-0.2, 0) is 4.79 Å². The van der Waals surface area contributed by atoms with Crippen molar-refractivity contribution in [3.63, 3.8) is 0 Å². The molecule has 2 aromatic rings. The van der Waals surface area contributed by atoms with E-state index in [1.807, 2.05) is 0 Å². The summed E-state index contributed by atoms with van der Waals surface area (Å²) in [4.78, 5) is 14.9. The minimum absolute atomic E-state index is 0.0206. The van der Waals surface area contributed by atoms with E-state index in [4.69, 9.17) is 0 Å². The van der Waals surface area contributed by atoms with Gasteiger partial charge in [-0.15, -0.1) is 0 Å². The van der Waals surface area contributed by atoms with Crippen LogP contribution in [0, 0.1) is 13.8 Å². The van der Waals surface area contributed by atoms with Crippen molar-refractivity contribution in [1.82, 2.24) is 14.6 Å². The number of nitrogens with one attached hydrogen (secondary N) is 1. The third kappa shape index (κ3) is 2.27. The van der Waals surface area contributed by atoms with Crippen molar-refractivity contribution in [3.8, 4) is 0 Å². The molecule has 0 aromatic carbocycles. The van der Waals surface area contributed by atoms with Crippen LogP contribution in [0.1, 0.15) is 11.4 Å². The fourth-order valence-corrected chi connectivity index (χ4v) is 1.53. The normalized spacial score (nSPS) is 11.8. The molecule has 0 aliphatic heterocycles. The summed E-state index contributed by atoms with van der Waals surface area (Å²) in [5.74, 6) is -1.52. The molecule has 0 saturated heterocycles. The average molecular weight is 258 g/mol. The van der Waals surface area contributed by atoms with Crippen LogP contribution in [0.15, 0.2) is 12.3 Å². The summed E-state index contributed by atoms with van der Waals surface area (Å²) in [6.45, 7) is 3.34. The minimum Gasteiger partial charge on any atom is -0.317 e. The van der Waals surface area contributed by atoms with Gasteiger partial charge in [-0.05, 0) is 25.5 Å². The predicted molar refractivity (Wildman–Crippen MR) is 57.1 cm³/mol. The average Bonchev–Trinajstić information content (AvgIpc) is 2.57. The number of fused-ring (bicyclic) bond motifs is 1. The van der Waals surface area contributed by atoms with E-state index in [1.54, 1.807) is 19.2 Å². The first-order chi connectivity index (χ1) is 8.27. The lowest BCUT2D eigenvalue weighted by molar-refractivity contribution is -0.167. The first-order valence-corrected chi connectivity index (χ1v) is 4.99. The second kappa shape index (κ2) is 3.97. The molecule has 0 fully saturated rings. The second-order valence-corrected chi connectivity index (χ2v) is 3.79. The summed E-state index contributed by atoms with van der Waals surface area (Å²) < 4.78 is 37.6. The van der Waals surface area contributed by atoms with Crippen LogP contribution < -0.4 is 5.32 Å². The van der Waals surface area contributed by atoms with Crippen molar-refractivity contribution in [3.05, 3.63) is 23.7 Å². The third-order valence-corrected chi connectivity index (χ3v) is 2.24. The minimum atomic E-state index is -4.92. The number of amides is 1. The van der Waals surface area contributed by atoms with Gasteiger partial charge in [0.15, 0.2) is 5.65 Å². The van der Waals surface area contributed by atoms with Gasteiger partial charge in [-0.1, -0.05) is 0 Å². The molecule has 0 atom stereocenters. The van der Waals surface area contributed by atoms with E-state index in [0.717, 1.165) is 0 Å². The number of rotatable bonds is 1. The molecule has 18 heavy (non-hydrogen) atoms. The summed E-state index contributed by atoms with van der Waals surface area (Å²) >= 11 is 0. The van der Waals surface area contributed by atoms with Crippen LogP contribution >= 0.6 is 0 Å². The Morgan fingerprint density at radius 1 is 1.39 bits per heavy atom. The van der Waals surface area contributed by atoms with Gasteiger partial charge < -0.3 is 5.32 Å². The van der Waals surface area contributed by atoms with E-state index in [1.165, 1.54) is 16.8 Å². The molecule has 96 valence electrons. The number of anilines is 1. The summed E-state index contributed by atoms with van der Waals surface area (Å²) in [6.07, 6.45) is -3.63. The first kappa shape index (κ1) is 12.3. The number of aryl methyl sites for hydroxylation is 2. The molecule has 0 unspecified atom stereocenters. The topological polar surface area (TPSA) is 59.3 Å². The van der Waals surface area contributed by atoms with Gasteiger partial charge in [0, 0.05) is 0 Å². The molecule has 0 aliphatic rings. The first-order valence-electron chi connectivity index (χ1n) is 4.99. The van der Waals surface area contributed by atoms with Crippen molar-refractivity contribution in [2.75, 3.05) is 5.32 Å². The highest BCUT2D eigenvalue weighted by Crippen LogP contribution is 2.20. The Bertz CT molecular complexity index is 617. The van der Waals surface area contributed by atoms with Crippen LogP contribution in [0.4, 0.5) is 18.9 Å². The summed E-state index contributed by atoms with van der Waals surface area (Å²) in [6, 6.07) is 1.41. The largest absolute Gasteiger partial charge is 0.471 e. The van der Waals surface area contributed by atoms with Gasteiger partial charge in [-0.2, -0.15) is 18.3 Å². The lowest BCUT2D eigenvalue weighted by Gasteiger charge is -2.08. The number of carbonyl (C=O) groups excluding carboxylic acids is 1. The Morgan fingerprint density at radius 3 is 2.67 bits per heavy atom. The molecule has 0 saturated carbocycles. The monoisotopic (exact) mass is 258 g/mol. The van der Waals surface area contributed by atoms with Crippen molar-refractivity contribution in [1.29, 1.82) is 0 Å². The van der Waals surface area contributed by atoms with E-state index < -0.39 is 12.1 Å². The molecular weight excluding hydrogens is 249 g/mol. The molecule has 5 nitrogen and oxygen atoms in total. The van der Waals surface area contributed by atoms with Gasteiger partial charge >= 0.3 is 12.1 Å². The van der Waals surface area contributed by atoms with Crippen molar-refractivity contribution in [2.45, 2.75) is 20.0 Å². The Morgan fingerprint density at radius 2 is 2.06 bits per heavy atom. The zero-order valence-electron chi connectivity index (χ0n) is 9.54. The van der Waals surface area contributed by atoms with E-state index in [0.29, 0.717) is 17.0 Å². The van der Waals surface area contributed by atoms with Crippen LogP contribution in [-0.4, -0.2) is 26.7 Å². The quantitative estimate of drug-likeness (QED) is 0.849. The number of aromatic nitrogens is 3. The molecule has 0 spiro atoms. The summed E-state index contributed by atoms with van der Waals surface area (Å²) in [5.41, 5.74) is 1.18. The number of alkyl halides is 3. The number of nitrogens with zero attached hydrogens (tertiary/aromatic N) is 3. The molecule has 0 bridgehead atoms. The second-order valence-electron chi connectivity index (χ2n) is 3.79. The Labute approximate surface area is 99.6 Å². The Balaban J connectivity index is 2.38. The van der Waals surface area contributed by atoms with E-state index in [9.17, 15) is 18.0 Å². The molecule has 1 N–H and O–H groups in total. The highest BCUT2D eigenvalue weighted by molar-refractivity contribution is 5.95. The lowest BCUT2D eigenvalue weighted by Crippen LogP contribution is -2.30. The Kier molecular flexibility index (Phi) is 2.72. The van der Waals surface area contributed by atoms with E-state index in [2.05, 4.69) is 10.1 Å². The number of hydrogen-bond donors (Lipinski definition) is 1. The molecule has 2 heterocycles. The smallest absolute Gasteiger partial charge is 0.317 e. The van der Waals surface area contributed by atoms with E-state index in [-0.39, 0.29) is 5.69 Å². The highest BCUT2D eigenvalue weighted by atomic mass is 19.4. The molecule has 2 rings (SSSR count). The maximum absolute atomic E-state index is 12.1. The number of hydrogen-bond acceptors (Lipinski definition) is 3. The van der Waals surface area contributed by atoms with Gasteiger partial charge in [0.05, 0.1) is 11.9 Å². The van der Waals surface area contributed by atoms with E-state index >= 15 is 0 Å². The van der Waals surface area contributed by atoms with Crippen LogP contribution in [0.3, 0.4) is 0 Å². The van der Waals surface area contributed by atoms with Gasteiger partial charge in [0.25, 0.3) is 0 Å². The van der Waals surface area contributed by atoms with Crippen LogP contribution in [0.5, 0.6) is 0 Å². The molecule has 1 amide bonds. The van der Waals surface area contributed by atoms with Gasteiger partial charge in [-0.25, -0.2) is 9.50 Å². The zero-order valence-corrected chi connectivity index (χ0v) is 9.54. The Hall–Kier alpha value is -2.12. The fourth-order valence-electron chi connectivity index (χ4n) is 1.53. The highest BCUT2D eigenvalue weighted by Gasteiger charge is 2.38. The lowest BCUT2D eigenvalue weighted by atomic mass is 10.3. The number of carbonyl (C=O) groups is 1. The molecule has 2 aromatic heterocycles. The third-order valence-electron chi connectivity index (χ3n) is 2.24. The maximum atomic E-state index is 12.1. The van der Waals surface area contributed by atoms with Crippen LogP contribution in [0.25, 0.3) is 5.65 Å². The van der Waals surface area contributed by atoms with Crippen molar-refractivity contribution >= 4 is 17.2 Å². The van der Waals surface area contributed by atoms with Crippen molar-refractivity contribution < 1.29 is 18.0 Å². The molecule has 0 radical (unpaired) electrons. The molecule has 0 aliphatic carbocycles. The van der Waals surface area contributed by atoms with Gasteiger partial charge in [0.2, 0.25) is 0 Å². The van der Waals surface area contributed by atoms with Gasteiger partial charge in [0.1, 0.15) is 5.82 Å². The summed E-state index contributed by atoms with van der Waals surface area (Å²) in [5, 5.41) is 5.75. The van der Waals surface area contributed by atoms with Crippen molar-refractivity contribution in [2.24, 2.45) is 0 Å². The number of pyridine rings is 1. The zero-order chi connectivity index (χ0) is 13.5. The predicted octanol–water partition coefficient (Wildman–Crippen LogP) is 1.85. The molecular formula is C10H9F3N4O. The standard InChI is InChI=1S/C10H9F3N4O/c1-5-3-7(15-9(18)10(11,12)13)4-17-8(5)14-6(2)16-17/h3-4H,1-2H3,(H,15,18). The maximum Gasteiger partial charge on any atom is 0.471 e. The SMILES string of the molecule is Cc1nc2c(C)cc(NC(=O)C(F)(F)F)cn2n1. The van der Waals surface area contributed by atoms with Gasteiger partial charge in [-0.3, -0.25) is 4.79 Å².